The maximum absolute atomic E-state index is 7.08. The molecule has 11 aromatic rings. The van der Waals surface area contributed by atoms with Gasteiger partial charge in [-0.3, -0.25) is 0 Å². The second-order valence-electron chi connectivity index (χ2n) is 24.5. The molecule has 0 saturated carbocycles. The number of hydrogen-bond donors (Lipinski definition) is 1. The van der Waals surface area contributed by atoms with Crippen molar-refractivity contribution in [1.82, 2.24) is 4.57 Å². The molecule has 2 aromatic heterocycles. The van der Waals surface area contributed by atoms with Crippen molar-refractivity contribution in [2.75, 3.05) is 5.32 Å². The van der Waals surface area contributed by atoms with E-state index in [0.717, 1.165) is 55.9 Å². The lowest BCUT2D eigenvalue weighted by atomic mass is 9.59. The summed E-state index contributed by atoms with van der Waals surface area (Å²) >= 11 is 0. The third-order valence-electron chi connectivity index (χ3n) is 17.1. The molecule has 359 valence electrons. The monoisotopic (exact) mass is 955 g/mol. The van der Waals surface area contributed by atoms with E-state index in [1.165, 1.54) is 94.0 Å². The van der Waals surface area contributed by atoms with Crippen molar-refractivity contribution in [3.8, 4) is 61.5 Å². The van der Waals surface area contributed by atoms with Gasteiger partial charge in [-0.1, -0.05) is 202 Å². The molecule has 14 rings (SSSR count). The highest BCUT2D eigenvalue weighted by atomic mass is 16.3. The van der Waals surface area contributed by atoms with Crippen LogP contribution in [0.15, 0.2) is 180 Å². The number of hydrogen-bond acceptors (Lipinski definition) is 2. The van der Waals surface area contributed by atoms with Crippen molar-refractivity contribution in [3.63, 3.8) is 0 Å². The van der Waals surface area contributed by atoms with Crippen molar-refractivity contribution in [1.29, 1.82) is 0 Å². The summed E-state index contributed by atoms with van der Waals surface area (Å²) in [6.07, 6.45) is 0. The van der Waals surface area contributed by atoms with Gasteiger partial charge >= 0.3 is 0 Å². The first-order valence-corrected chi connectivity index (χ1v) is 26.5. The van der Waals surface area contributed by atoms with Crippen LogP contribution in [0, 0.1) is 0 Å². The number of aromatic nitrogens is 1. The Morgan fingerprint density at radius 3 is 1.81 bits per heavy atom. The molecule has 74 heavy (non-hydrogen) atoms. The van der Waals surface area contributed by atoms with E-state index in [9.17, 15) is 0 Å². The molecule has 0 saturated heterocycles. The van der Waals surface area contributed by atoms with E-state index >= 15 is 0 Å². The van der Waals surface area contributed by atoms with Crippen LogP contribution in [0.4, 0.5) is 11.4 Å². The normalized spacial score (nSPS) is 14.7. The van der Waals surface area contributed by atoms with Crippen LogP contribution >= 0.6 is 0 Å². The molecule has 4 heteroatoms. The molecular weight excluding hydrogens is 896 g/mol. The van der Waals surface area contributed by atoms with Crippen LogP contribution < -0.4 is 16.2 Å². The highest BCUT2D eigenvalue weighted by Crippen LogP contribution is 2.55. The van der Waals surface area contributed by atoms with E-state index in [1.807, 2.05) is 0 Å². The third kappa shape index (κ3) is 6.46. The first kappa shape index (κ1) is 44.9. The number of fused-ring (bicyclic) bond motifs is 12. The first-order valence-electron chi connectivity index (χ1n) is 26.5. The van der Waals surface area contributed by atoms with E-state index in [1.54, 1.807) is 0 Å². The fourth-order valence-electron chi connectivity index (χ4n) is 13.0. The highest BCUT2D eigenvalue weighted by molar-refractivity contribution is 6.73. The summed E-state index contributed by atoms with van der Waals surface area (Å²) in [5.41, 5.74) is 27.8. The van der Waals surface area contributed by atoms with Gasteiger partial charge in [-0.2, -0.15) is 0 Å². The molecule has 1 aliphatic heterocycles. The van der Waals surface area contributed by atoms with Crippen molar-refractivity contribution in [3.05, 3.63) is 209 Å². The third-order valence-corrected chi connectivity index (χ3v) is 17.1. The summed E-state index contributed by atoms with van der Waals surface area (Å²) in [6, 6.07) is 66.2. The SMILES string of the molecule is CC(C)(C)c1ccc(Nc2cc3c(cc2-c2ccc4c5cc6c(cc5n5c4c2[B]c2cc4oc(-c7ccccc7)c(-c7ccccc7)c4cc2-5)-c2ccccc2C6(C)C)-c2ccc(C(C)(C)C)cc2C3(C)C)cc1. The number of anilines is 2. The Labute approximate surface area is 436 Å². The predicted molar refractivity (Wildman–Crippen MR) is 314 cm³/mol. The second kappa shape index (κ2) is 15.4. The van der Waals surface area contributed by atoms with Gasteiger partial charge in [-0.15, -0.1) is 0 Å². The zero-order valence-corrected chi connectivity index (χ0v) is 44.2. The molecule has 0 fully saturated rings. The van der Waals surface area contributed by atoms with Crippen molar-refractivity contribution >= 4 is 62.4 Å². The Hall–Kier alpha value is -7.82. The minimum absolute atomic E-state index is 0.0341. The van der Waals surface area contributed by atoms with E-state index in [2.05, 4.69) is 262 Å². The van der Waals surface area contributed by atoms with Gasteiger partial charge in [-0.05, 0) is 132 Å². The second-order valence-corrected chi connectivity index (χ2v) is 24.5. The molecule has 3 heterocycles. The molecule has 0 spiro atoms. The predicted octanol–water partition coefficient (Wildman–Crippen LogP) is 17.5. The van der Waals surface area contributed by atoms with Crippen LogP contribution in [0.2, 0.25) is 0 Å². The van der Waals surface area contributed by atoms with Gasteiger partial charge in [0.2, 0.25) is 0 Å². The zero-order valence-electron chi connectivity index (χ0n) is 44.2. The number of furan rings is 1. The van der Waals surface area contributed by atoms with Crippen LogP contribution in [-0.2, 0) is 21.7 Å². The van der Waals surface area contributed by atoms with Crippen LogP contribution in [-0.4, -0.2) is 11.8 Å². The van der Waals surface area contributed by atoms with Crippen LogP contribution in [0.1, 0.15) is 103 Å². The highest BCUT2D eigenvalue weighted by Gasteiger charge is 2.40. The molecule has 1 radical (unpaired) electrons. The molecule has 3 nitrogen and oxygen atoms in total. The van der Waals surface area contributed by atoms with Gasteiger partial charge in [-0.25, -0.2) is 0 Å². The van der Waals surface area contributed by atoms with E-state index < -0.39 is 0 Å². The minimum Gasteiger partial charge on any atom is -0.455 e. The smallest absolute Gasteiger partial charge is 0.198 e. The quantitative estimate of drug-likeness (QED) is 0.174. The maximum Gasteiger partial charge on any atom is 0.198 e. The van der Waals surface area contributed by atoms with Gasteiger partial charge in [0.1, 0.15) is 11.3 Å². The molecule has 0 bridgehead atoms. The van der Waals surface area contributed by atoms with Crippen LogP contribution in [0.25, 0.3) is 94.3 Å². The van der Waals surface area contributed by atoms with E-state index in [0.29, 0.717) is 0 Å². The average Bonchev–Trinajstić information content (AvgIpc) is 4.08. The van der Waals surface area contributed by atoms with Gasteiger partial charge in [0.15, 0.2) is 7.28 Å². The van der Waals surface area contributed by atoms with E-state index in [-0.39, 0.29) is 21.7 Å². The van der Waals surface area contributed by atoms with Gasteiger partial charge in [0, 0.05) is 66.3 Å². The minimum atomic E-state index is -0.203. The molecule has 0 amide bonds. The number of rotatable bonds is 5. The number of nitrogens with one attached hydrogen (secondary N) is 1. The summed E-state index contributed by atoms with van der Waals surface area (Å²) in [7, 11) is 2.45. The van der Waals surface area contributed by atoms with Crippen molar-refractivity contribution in [2.24, 2.45) is 0 Å². The Balaban J connectivity index is 1.06. The van der Waals surface area contributed by atoms with Crippen LogP contribution in [0.5, 0.6) is 0 Å². The molecule has 2 aliphatic carbocycles. The molecule has 9 aromatic carbocycles. The summed E-state index contributed by atoms with van der Waals surface area (Å²) in [5, 5.41) is 7.66. The van der Waals surface area contributed by atoms with E-state index in [4.69, 9.17) is 4.42 Å². The Morgan fingerprint density at radius 1 is 0.473 bits per heavy atom. The largest absolute Gasteiger partial charge is 0.455 e. The molecule has 0 unspecified atom stereocenters. The Morgan fingerprint density at radius 2 is 1.08 bits per heavy atom. The summed E-state index contributed by atoms with van der Waals surface area (Å²) in [5.74, 6) is 0.883. The zero-order chi connectivity index (χ0) is 50.8. The molecular formula is C70H60BN2O. The summed E-state index contributed by atoms with van der Waals surface area (Å²) in [6.45, 7) is 23.4. The maximum atomic E-state index is 7.08. The fourth-order valence-corrected chi connectivity index (χ4v) is 13.0. The lowest BCUT2D eigenvalue weighted by Gasteiger charge is -2.27. The lowest BCUT2D eigenvalue weighted by Crippen LogP contribution is -2.37. The van der Waals surface area contributed by atoms with Gasteiger partial charge in [0.25, 0.3) is 0 Å². The van der Waals surface area contributed by atoms with Gasteiger partial charge in [0.05, 0.1) is 5.52 Å². The van der Waals surface area contributed by atoms with Crippen LogP contribution in [0.3, 0.4) is 0 Å². The Kier molecular flexibility index (Phi) is 9.32. The average molecular weight is 956 g/mol. The fraction of sp³-hybridized carbons (Fsp3) is 0.200. The topological polar surface area (TPSA) is 30.1 Å². The first-order chi connectivity index (χ1) is 35.4. The summed E-state index contributed by atoms with van der Waals surface area (Å²) in [4.78, 5) is 0. The van der Waals surface area contributed by atoms with Crippen molar-refractivity contribution < 1.29 is 4.42 Å². The molecule has 0 atom stereocenters. The molecule has 1 N–H and O–H groups in total. The number of benzene rings is 9. The summed E-state index contributed by atoms with van der Waals surface area (Å²) < 4.78 is 9.67. The van der Waals surface area contributed by atoms with Crippen molar-refractivity contribution in [2.45, 2.75) is 90.9 Å². The standard InChI is InChI=1S/C70H60BN2O/c1-67(2,3)42-25-28-44(29-26-42)72-59-38-57-49(46-30-27-43(68(4,5)6)33-55(46)70(57,9)10)34-51(59)47-31-32-48-52-35-56-50(45-23-17-18-24-54(45)69(56,7)8)36-60(52)73-61-37-53-62(39-58(61)71-64(47)65(48)73)74-66(41-21-15-12-16-22-41)63(53)40-19-13-11-14-20-40/h11-39,72H,1-10H3. The molecule has 3 aliphatic rings. The Bertz CT molecular complexity index is 4170. The van der Waals surface area contributed by atoms with Gasteiger partial charge < -0.3 is 14.3 Å². The number of nitrogens with zero attached hydrogens (tertiary/aromatic N) is 1. The lowest BCUT2D eigenvalue weighted by molar-refractivity contribution is 0.584.